The quantitative estimate of drug-likeness (QED) is 0.365. The molecule has 1 aromatic rings. The number of benzene rings is 1. The summed E-state index contributed by atoms with van der Waals surface area (Å²) < 4.78 is 5.90. The molecule has 1 atom stereocenters. The summed E-state index contributed by atoms with van der Waals surface area (Å²) in [6, 6.07) is 5.47. The summed E-state index contributed by atoms with van der Waals surface area (Å²) in [4.78, 5) is 23.1. The monoisotopic (exact) mass is 537 g/mol. The Balaban J connectivity index is 2.66. The Bertz CT molecular complexity index is 468. The third-order valence-electron chi connectivity index (χ3n) is 2.07. The Hall–Kier alpha value is 0.1000. The molecule has 98 valence electrons. The number of rotatable bonds is 4. The average Bonchev–Trinajstić information content (AvgIpc) is 2.37. The van der Waals surface area contributed by atoms with Crippen LogP contribution in [0, 0.1) is 3.57 Å². The fourth-order valence-corrected chi connectivity index (χ4v) is 2.58. The van der Waals surface area contributed by atoms with Gasteiger partial charge in [-0.3, -0.25) is 9.59 Å². The standard InChI is InChI=1S/C11H10BrI2NO3/c1-18-11(17)9(14)5-15-10(16)7-4-6(12)2-3-8(7)13/h2-4,9H,5H2,1H3,(H,15,16). The highest BCUT2D eigenvalue weighted by atomic mass is 127. The minimum atomic E-state index is -0.388. The van der Waals surface area contributed by atoms with Gasteiger partial charge in [-0.2, -0.15) is 0 Å². The van der Waals surface area contributed by atoms with Crippen LogP contribution in [0.15, 0.2) is 22.7 Å². The van der Waals surface area contributed by atoms with Crippen molar-refractivity contribution in [3.05, 3.63) is 31.8 Å². The molecular formula is C11H10BrI2NO3. The molecule has 0 bridgehead atoms. The highest BCUT2D eigenvalue weighted by Crippen LogP contribution is 2.18. The number of ether oxygens (including phenoxy) is 1. The van der Waals surface area contributed by atoms with Crippen molar-refractivity contribution in [2.75, 3.05) is 13.7 Å². The van der Waals surface area contributed by atoms with Gasteiger partial charge in [-0.1, -0.05) is 38.5 Å². The van der Waals surface area contributed by atoms with Crippen LogP contribution in [-0.2, 0) is 9.53 Å². The molecule has 0 saturated heterocycles. The number of carbonyl (C=O) groups is 2. The second-order valence-corrected chi connectivity index (χ2v) is 6.91. The van der Waals surface area contributed by atoms with E-state index in [2.05, 4.69) is 48.6 Å². The van der Waals surface area contributed by atoms with Gasteiger partial charge in [0.1, 0.15) is 3.92 Å². The van der Waals surface area contributed by atoms with Crippen LogP contribution in [0.1, 0.15) is 10.4 Å². The molecule has 0 aliphatic carbocycles. The third kappa shape index (κ3) is 4.65. The van der Waals surface area contributed by atoms with E-state index in [9.17, 15) is 9.59 Å². The number of amides is 1. The van der Waals surface area contributed by atoms with Gasteiger partial charge >= 0.3 is 5.97 Å². The summed E-state index contributed by atoms with van der Waals surface area (Å²) in [5.41, 5.74) is 0.582. The van der Waals surface area contributed by atoms with Crippen LogP contribution in [0.3, 0.4) is 0 Å². The molecule has 1 rings (SSSR count). The molecule has 0 heterocycles. The van der Waals surface area contributed by atoms with Gasteiger partial charge in [0.25, 0.3) is 5.91 Å². The Morgan fingerprint density at radius 3 is 2.78 bits per heavy atom. The first kappa shape index (κ1) is 16.2. The van der Waals surface area contributed by atoms with Gasteiger partial charge in [0.15, 0.2) is 0 Å². The molecular weight excluding hydrogens is 528 g/mol. The van der Waals surface area contributed by atoms with Crippen molar-refractivity contribution in [3.8, 4) is 0 Å². The molecule has 0 aliphatic heterocycles. The van der Waals surface area contributed by atoms with Crippen molar-refractivity contribution in [3.63, 3.8) is 0 Å². The first-order chi connectivity index (χ1) is 8.45. The Morgan fingerprint density at radius 1 is 1.50 bits per heavy atom. The number of hydrogen-bond acceptors (Lipinski definition) is 3. The minimum absolute atomic E-state index is 0.203. The molecule has 0 aliphatic rings. The van der Waals surface area contributed by atoms with E-state index < -0.39 is 0 Å². The number of carbonyl (C=O) groups excluding carboxylic acids is 2. The van der Waals surface area contributed by atoms with Crippen molar-refractivity contribution in [1.82, 2.24) is 5.32 Å². The first-order valence-corrected chi connectivity index (χ1v) is 8.02. The van der Waals surface area contributed by atoms with E-state index in [0.717, 1.165) is 8.04 Å². The molecule has 0 spiro atoms. The molecule has 4 nitrogen and oxygen atoms in total. The first-order valence-electron chi connectivity index (χ1n) is 4.91. The fourth-order valence-electron chi connectivity index (χ4n) is 1.16. The van der Waals surface area contributed by atoms with E-state index in [-0.39, 0.29) is 22.3 Å². The second kappa shape index (κ2) is 7.63. The summed E-state index contributed by atoms with van der Waals surface area (Å²) in [6.07, 6.45) is 0. The molecule has 0 saturated carbocycles. The highest BCUT2D eigenvalue weighted by molar-refractivity contribution is 14.1. The van der Waals surface area contributed by atoms with Gasteiger partial charge in [0.05, 0.1) is 12.7 Å². The Labute approximate surface area is 141 Å². The van der Waals surface area contributed by atoms with Crippen LogP contribution in [0.2, 0.25) is 0 Å². The number of esters is 1. The largest absolute Gasteiger partial charge is 0.468 e. The van der Waals surface area contributed by atoms with Crippen LogP contribution < -0.4 is 5.32 Å². The van der Waals surface area contributed by atoms with Crippen LogP contribution >= 0.6 is 61.1 Å². The van der Waals surface area contributed by atoms with Crippen LogP contribution in [0.4, 0.5) is 0 Å². The number of nitrogens with one attached hydrogen (secondary N) is 1. The number of halogens is 3. The van der Waals surface area contributed by atoms with Crippen molar-refractivity contribution in [2.24, 2.45) is 0 Å². The van der Waals surface area contributed by atoms with E-state index in [1.54, 1.807) is 6.07 Å². The minimum Gasteiger partial charge on any atom is -0.468 e. The van der Waals surface area contributed by atoms with Gasteiger partial charge in [0, 0.05) is 14.6 Å². The maximum Gasteiger partial charge on any atom is 0.320 e. The summed E-state index contributed by atoms with van der Waals surface area (Å²) in [7, 11) is 1.33. The summed E-state index contributed by atoms with van der Waals surface area (Å²) in [6.45, 7) is 0.245. The zero-order valence-corrected chi connectivity index (χ0v) is 15.3. The topological polar surface area (TPSA) is 55.4 Å². The lowest BCUT2D eigenvalue weighted by molar-refractivity contribution is -0.139. The molecule has 0 aromatic heterocycles. The van der Waals surface area contributed by atoms with E-state index >= 15 is 0 Å². The Morgan fingerprint density at radius 2 is 2.17 bits per heavy atom. The average molecular weight is 538 g/mol. The fraction of sp³-hybridized carbons (Fsp3) is 0.273. The Kier molecular flexibility index (Phi) is 6.85. The van der Waals surface area contributed by atoms with Crippen molar-refractivity contribution in [2.45, 2.75) is 3.92 Å². The number of methoxy groups -OCH3 is 1. The molecule has 0 fully saturated rings. The van der Waals surface area contributed by atoms with Crippen molar-refractivity contribution < 1.29 is 14.3 Å². The highest BCUT2D eigenvalue weighted by Gasteiger charge is 2.17. The second-order valence-electron chi connectivity index (χ2n) is 3.32. The number of hydrogen-bond donors (Lipinski definition) is 1. The molecule has 1 amide bonds. The van der Waals surface area contributed by atoms with Crippen molar-refractivity contribution >= 4 is 73.0 Å². The zero-order chi connectivity index (χ0) is 13.7. The lowest BCUT2D eigenvalue weighted by atomic mass is 10.2. The maximum absolute atomic E-state index is 11.9. The normalized spacial score (nSPS) is 11.8. The van der Waals surface area contributed by atoms with Crippen LogP contribution in [0.25, 0.3) is 0 Å². The van der Waals surface area contributed by atoms with E-state index in [1.807, 2.05) is 34.7 Å². The van der Waals surface area contributed by atoms with E-state index in [0.29, 0.717) is 5.56 Å². The van der Waals surface area contributed by atoms with Gasteiger partial charge in [-0.25, -0.2) is 0 Å². The zero-order valence-electron chi connectivity index (χ0n) is 9.38. The number of alkyl halides is 1. The summed E-state index contributed by atoms with van der Waals surface area (Å²) >= 11 is 7.35. The molecule has 0 radical (unpaired) electrons. The third-order valence-corrected chi connectivity index (χ3v) is 4.45. The predicted octanol–water partition coefficient (Wildman–Crippen LogP) is 2.76. The SMILES string of the molecule is COC(=O)C(I)CNC(=O)c1cc(Br)ccc1I. The maximum atomic E-state index is 11.9. The smallest absolute Gasteiger partial charge is 0.320 e. The van der Waals surface area contributed by atoms with Crippen molar-refractivity contribution in [1.29, 1.82) is 0 Å². The molecule has 7 heteroatoms. The summed E-state index contributed by atoms with van der Waals surface area (Å²) in [5.74, 6) is -0.550. The lowest BCUT2D eigenvalue weighted by Gasteiger charge is -2.10. The van der Waals surface area contributed by atoms with Gasteiger partial charge in [-0.05, 0) is 40.8 Å². The van der Waals surface area contributed by atoms with Gasteiger partial charge in [0.2, 0.25) is 0 Å². The molecule has 1 aromatic carbocycles. The van der Waals surface area contributed by atoms with E-state index in [1.165, 1.54) is 7.11 Å². The molecule has 18 heavy (non-hydrogen) atoms. The predicted molar refractivity (Wildman–Crippen MR) is 89.0 cm³/mol. The lowest BCUT2D eigenvalue weighted by Crippen LogP contribution is -2.34. The molecule has 1 N–H and O–H groups in total. The molecule has 1 unspecified atom stereocenters. The van der Waals surface area contributed by atoms with Crippen LogP contribution in [-0.4, -0.2) is 29.5 Å². The van der Waals surface area contributed by atoms with Crippen LogP contribution in [0.5, 0.6) is 0 Å². The summed E-state index contributed by atoms with van der Waals surface area (Å²) in [5, 5.41) is 2.71. The van der Waals surface area contributed by atoms with Gasteiger partial charge < -0.3 is 10.1 Å². The van der Waals surface area contributed by atoms with E-state index in [4.69, 9.17) is 0 Å². The van der Waals surface area contributed by atoms with Gasteiger partial charge in [-0.15, -0.1) is 0 Å².